The highest BCUT2D eigenvalue weighted by atomic mass is 16.6. The number of carboxylic acid groups (broad SMARTS) is 1. The first-order chi connectivity index (χ1) is 14.9. The zero-order valence-corrected chi connectivity index (χ0v) is 18.6. The lowest BCUT2D eigenvalue weighted by atomic mass is 9.97. The normalized spacial score (nSPS) is 14.5. The Labute approximate surface area is 184 Å². The molecule has 7 nitrogen and oxygen atoms in total. The predicted molar refractivity (Wildman–Crippen MR) is 118 cm³/mol. The second kappa shape index (κ2) is 12.8. The molecule has 0 fully saturated rings. The second-order valence-electron chi connectivity index (χ2n) is 7.84. The highest BCUT2D eigenvalue weighted by Crippen LogP contribution is 2.25. The number of rotatable bonds is 13. The number of carboxylic acids is 1. The van der Waals surface area contributed by atoms with Crippen LogP contribution in [-0.2, 0) is 25.5 Å². The molecule has 0 saturated heterocycles. The lowest BCUT2D eigenvalue weighted by molar-refractivity contribution is -0.153. The first-order valence-electron chi connectivity index (χ1n) is 10.6. The first-order valence-corrected chi connectivity index (χ1v) is 10.6. The molecule has 7 heteroatoms. The smallest absolute Gasteiger partial charge is 0.306 e. The van der Waals surface area contributed by atoms with Gasteiger partial charge in [-0.1, -0.05) is 23.8 Å². The van der Waals surface area contributed by atoms with Crippen LogP contribution in [0.25, 0.3) is 0 Å². The summed E-state index contributed by atoms with van der Waals surface area (Å²) in [5.41, 5.74) is 2.45. The molecule has 0 radical (unpaired) electrons. The van der Waals surface area contributed by atoms with Crippen molar-refractivity contribution in [2.24, 2.45) is 0 Å². The number of ether oxygens (including phenoxy) is 3. The maximum absolute atomic E-state index is 12.0. The number of nitrogens with zero attached hydrogens (tertiary/aromatic N) is 1. The monoisotopic (exact) mass is 431 g/mol. The average molecular weight is 432 g/mol. The number of para-hydroxylation sites is 1. The molecule has 1 N–H and O–H groups in total. The number of benzene rings is 1. The van der Waals surface area contributed by atoms with Crippen LogP contribution in [0.3, 0.4) is 0 Å². The van der Waals surface area contributed by atoms with Crippen LogP contribution in [0, 0.1) is 0 Å². The molecule has 170 valence electrons. The van der Waals surface area contributed by atoms with Gasteiger partial charge >= 0.3 is 11.9 Å². The number of allylic oxidation sites excluding steroid dienone is 3. The Morgan fingerprint density at radius 1 is 1.16 bits per heavy atom. The summed E-state index contributed by atoms with van der Waals surface area (Å²) in [6.07, 6.45) is 7.12. The summed E-state index contributed by atoms with van der Waals surface area (Å²) in [5, 5.41) is 8.74. The van der Waals surface area contributed by atoms with Crippen LogP contribution in [0.15, 0.2) is 47.7 Å². The van der Waals surface area contributed by atoms with Crippen LogP contribution in [-0.4, -0.2) is 62.4 Å². The molecule has 1 aliphatic rings. The molecule has 1 aromatic carbocycles. The number of aryl methyl sites for hydroxylation is 1. The molecule has 1 aromatic rings. The summed E-state index contributed by atoms with van der Waals surface area (Å²) in [7, 11) is 5.45. The van der Waals surface area contributed by atoms with Crippen molar-refractivity contribution in [2.75, 3.05) is 34.4 Å². The van der Waals surface area contributed by atoms with Crippen LogP contribution in [0.5, 0.6) is 5.75 Å². The Kier molecular flexibility index (Phi) is 10.1. The van der Waals surface area contributed by atoms with E-state index in [1.807, 2.05) is 43.3 Å². The molecule has 0 unspecified atom stereocenters. The van der Waals surface area contributed by atoms with Gasteiger partial charge in [0.15, 0.2) is 0 Å². The van der Waals surface area contributed by atoms with Crippen molar-refractivity contribution in [1.29, 1.82) is 0 Å². The maximum Gasteiger partial charge on any atom is 0.306 e. The maximum atomic E-state index is 12.0. The van der Waals surface area contributed by atoms with Crippen molar-refractivity contribution >= 4 is 11.9 Å². The van der Waals surface area contributed by atoms with Crippen molar-refractivity contribution in [3.05, 3.63) is 53.3 Å². The van der Waals surface area contributed by atoms with Crippen molar-refractivity contribution < 1.29 is 28.9 Å². The van der Waals surface area contributed by atoms with Gasteiger partial charge in [0.2, 0.25) is 0 Å². The van der Waals surface area contributed by atoms with Crippen LogP contribution in [0.2, 0.25) is 0 Å². The fourth-order valence-corrected chi connectivity index (χ4v) is 3.39. The summed E-state index contributed by atoms with van der Waals surface area (Å²) in [6, 6.07) is 7.88. The number of esters is 1. The van der Waals surface area contributed by atoms with E-state index < -0.39 is 18.0 Å². The van der Waals surface area contributed by atoms with Gasteiger partial charge in [-0.25, -0.2) is 0 Å². The number of likely N-dealkylation sites (N-methyl/N-ethyl adjacent to an activating group) is 1. The van der Waals surface area contributed by atoms with Gasteiger partial charge in [0.25, 0.3) is 0 Å². The second-order valence-corrected chi connectivity index (χ2v) is 7.84. The highest BCUT2D eigenvalue weighted by molar-refractivity contribution is 5.76. The van der Waals surface area contributed by atoms with Gasteiger partial charge in [-0.3, -0.25) is 9.59 Å². The minimum Gasteiger partial charge on any atom is -0.497 e. The Bertz CT molecular complexity index is 799. The minimum atomic E-state index is -1.02. The van der Waals surface area contributed by atoms with Crippen LogP contribution >= 0.6 is 0 Å². The first kappa shape index (κ1) is 24.5. The quantitative estimate of drug-likeness (QED) is 0.478. The number of carbonyl (C=O) groups excluding carboxylic acids is 1. The summed E-state index contributed by atoms with van der Waals surface area (Å²) < 4.78 is 16.8. The van der Waals surface area contributed by atoms with Gasteiger partial charge < -0.3 is 24.2 Å². The molecule has 1 aliphatic carbocycles. The topological polar surface area (TPSA) is 85.3 Å². The lowest BCUT2D eigenvalue weighted by Gasteiger charge is -2.22. The third-order valence-corrected chi connectivity index (χ3v) is 4.92. The number of hydrogen-bond acceptors (Lipinski definition) is 6. The van der Waals surface area contributed by atoms with E-state index in [-0.39, 0.29) is 19.4 Å². The Morgan fingerprint density at radius 2 is 1.94 bits per heavy atom. The van der Waals surface area contributed by atoms with Gasteiger partial charge in [-0.05, 0) is 63.6 Å². The Hall–Kier alpha value is -2.80. The van der Waals surface area contributed by atoms with Gasteiger partial charge in [0.1, 0.15) is 24.2 Å². The molecular formula is C24H33NO6. The minimum absolute atomic E-state index is 0.150. The SMILES string of the molecule is COC1=CCCC(CCc2ccccc2OC[C@@H](CN(C)C)OC(=O)CCC(=O)O)=C1. The van der Waals surface area contributed by atoms with E-state index in [1.54, 1.807) is 7.11 Å². The fourth-order valence-electron chi connectivity index (χ4n) is 3.39. The Balaban J connectivity index is 1.95. The molecule has 0 heterocycles. The summed E-state index contributed by atoms with van der Waals surface area (Å²) in [6.45, 7) is 0.688. The van der Waals surface area contributed by atoms with Crippen LogP contribution in [0.1, 0.15) is 37.7 Å². The van der Waals surface area contributed by atoms with E-state index >= 15 is 0 Å². The van der Waals surface area contributed by atoms with Crippen molar-refractivity contribution in [3.63, 3.8) is 0 Å². The number of methoxy groups -OCH3 is 1. The molecule has 0 saturated carbocycles. The van der Waals surface area contributed by atoms with E-state index in [4.69, 9.17) is 19.3 Å². The zero-order valence-electron chi connectivity index (χ0n) is 18.6. The predicted octanol–water partition coefficient (Wildman–Crippen LogP) is 3.59. The molecule has 0 aliphatic heterocycles. The molecule has 2 rings (SSSR count). The van der Waals surface area contributed by atoms with E-state index in [1.165, 1.54) is 5.57 Å². The summed E-state index contributed by atoms with van der Waals surface area (Å²) in [5.74, 6) is 0.138. The molecule has 0 bridgehead atoms. The van der Waals surface area contributed by atoms with Gasteiger partial charge in [-0.2, -0.15) is 0 Å². The Morgan fingerprint density at radius 3 is 2.65 bits per heavy atom. The van der Waals surface area contributed by atoms with Crippen molar-refractivity contribution in [3.8, 4) is 5.75 Å². The van der Waals surface area contributed by atoms with Crippen LogP contribution < -0.4 is 4.74 Å². The zero-order chi connectivity index (χ0) is 22.6. The number of hydrogen-bond donors (Lipinski definition) is 1. The van der Waals surface area contributed by atoms with E-state index in [0.717, 1.165) is 42.8 Å². The highest BCUT2D eigenvalue weighted by Gasteiger charge is 2.18. The fraction of sp³-hybridized carbons (Fsp3) is 0.500. The van der Waals surface area contributed by atoms with Gasteiger partial charge in [0.05, 0.1) is 20.0 Å². The van der Waals surface area contributed by atoms with Crippen LogP contribution in [0.4, 0.5) is 0 Å². The standard InChI is InChI=1S/C24H33NO6/c1-25(2)16-21(31-24(28)14-13-23(26)27)17-30-22-10-5-4-8-19(22)12-11-18-7-6-9-20(15-18)29-3/h4-5,8-10,15,21H,6-7,11-14,16-17H2,1-3H3,(H,26,27)/t21-/m1/s1. The van der Waals surface area contributed by atoms with E-state index in [2.05, 4.69) is 12.2 Å². The lowest BCUT2D eigenvalue weighted by Crippen LogP contribution is -2.35. The third-order valence-electron chi connectivity index (χ3n) is 4.92. The van der Waals surface area contributed by atoms with Crippen molar-refractivity contribution in [2.45, 2.75) is 44.6 Å². The number of carbonyl (C=O) groups is 2. The van der Waals surface area contributed by atoms with Gasteiger partial charge in [0, 0.05) is 6.54 Å². The van der Waals surface area contributed by atoms with Gasteiger partial charge in [-0.15, -0.1) is 0 Å². The number of aliphatic carboxylic acids is 1. The third kappa shape index (κ3) is 9.26. The summed E-state index contributed by atoms with van der Waals surface area (Å²) >= 11 is 0. The van der Waals surface area contributed by atoms with E-state index in [0.29, 0.717) is 6.54 Å². The molecular weight excluding hydrogens is 398 g/mol. The molecule has 0 spiro atoms. The summed E-state index contributed by atoms with van der Waals surface area (Å²) in [4.78, 5) is 24.5. The van der Waals surface area contributed by atoms with E-state index in [9.17, 15) is 9.59 Å². The molecule has 1 atom stereocenters. The average Bonchev–Trinajstić information content (AvgIpc) is 2.75. The molecule has 0 aromatic heterocycles. The molecule has 31 heavy (non-hydrogen) atoms. The van der Waals surface area contributed by atoms with Crippen molar-refractivity contribution in [1.82, 2.24) is 4.90 Å². The molecule has 0 amide bonds. The largest absolute Gasteiger partial charge is 0.497 e.